The van der Waals surface area contributed by atoms with E-state index < -0.39 is 79.0 Å². The molecule has 0 aromatic carbocycles. The number of nitrogens with one attached hydrogen (secondary N) is 5. The van der Waals surface area contributed by atoms with Crippen molar-refractivity contribution in [1.82, 2.24) is 31.2 Å². The summed E-state index contributed by atoms with van der Waals surface area (Å²) in [6, 6.07) is -4.18. The van der Waals surface area contributed by atoms with Gasteiger partial charge in [-0.15, -0.1) is 0 Å². The first-order valence-electron chi connectivity index (χ1n) is 10.6. The molecule has 36 heavy (non-hydrogen) atoms. The molecule has 1 aromatic heterocycles. The van der Waals surface area contributed by atoms with Crippen molar-refractivity contribution < 1.29 is 38.7 Å². The highest BCUT2D eigenvalue weighted by atomic mass is 16.4. The number of hydrogen-bond donors (Lipinski definition) is 9. The molecule has 0 bridgehead atoms. The number of rotatable bonds is 16. The molecule has 1 aromatic rings. The maximum absolute atomic E-state index is 12.6. The zero-order chi connectivity index (χ0) is 27.3. The van der Waals surface area contributed by atoms with Gasteiger partial charge in [-0.1, -0.05) is 0 Å². The van der Waals surface area contributed by atoms with Crippen LogP contribution in [0.4, 0.5) is 0 Å². The SMILES string of the molecule is NCC(=O)N[C@@H](CCC(N)=O)C(=O)N[C@@H](CC(N)=O)C(=O)NCC(=O)N[C@@H](Cc1cnc[nH]1)C(=O)O. The summed E-state index contributed by atoms with van der Waals surface area (Å²) in [4.78, 5) is 89.2. The van der Waals surface area contributed by atoms with Crippen molar-refractivity contribution in [1.29, 1.82) is 0 Å². The molecule has 198 valence electrons. The van der Waals surface area contributed by atoms with Crippen molar-refractivity contribution in [2.45, 2.75) is 43.8 Å². The molecule has 0 spiro atoms. The van der Waals surface area contributed by atoms with E-state index in [0.717, 1.165) is 0 Å². The molecule has 1 heterocycles. The first-order chi connectivity index (χ1) is 16.9. The molecule has 0 aliphatic carbocycles. The Kier molecular flexibility index (Phi) is 12.0. The number of amides is 6. The third kappa shape index (κ3) is 11.1. The van der Waals surface area contributed by atoms with Crippen molar-refractivity contribution in [3.63, 3.8) is 0 Å². The highest BCUT2D eigenvalue weighted by molar-refractivity contribution is 5.96. The van der Waals surface area contributed by atoms with Gasteiger partial charge in [0, 0.05) is 24.7 Å². The fourth-order valence-electron chi connectivity index (χ4n) is 2.84. The highest BCUT2D eigenvalue weighted by Gasteiger charge is 2.29. The van der Waals surface area contributed by atoms with Gasteiger partial charge in [-0.3, -0.25) is 28.8 Å². The van der Waals surface area contributed by atoms with Crippen molar-refractivity contribution in [2.24, 2.45) is 17.2 Å². The lowest BCUT2D eigenvalue weighted by atomic mass is 10.1. The van der Waals surface area contributed by atoms with Gasteiger partial charge in [-0.25, -0.2) is 9.78 Å². The van der Waals surface area contributed by atoms with E-state index in [1.807, 2.05) is 0 Å². The summed E-state index contributed by atoms with van der Waals surface area (Å²) in [6.45, 7) is -1.15. The summed E-state index contributed by atoms with van der Waals surface area (Å²) in [5, 5.41) is 18.2. The lowest BCUT2D eigenvalue weighted by molar-refractivity contribution is -0.141. The van der Waals surface area contributed by atoms with E-state index in [2.05, 4.69) is 31.2 Å². The second kappa shape index (κ2) is 14.7. The number of aromatic nitrogens is 2. The monoisotopic (exact) mass is 511 g/mol. The topological polar surface area (TPSA) is 295 Å². The predicted octanol–water partition coefficient (Wildman–Crippen LogP) is -5.29. The van der Waals surface area contributed by atoms with Crippen LogP contribution in [0.25, 0.3) is 0 Å². The van der Waals surface area contributed by atoms with Crippen molar-refractivity contribution >= 4 is 41.4 Å². The van der Waals surface area contributed by atoms with E-state index in [9.17, 15) is 38.7 Å². The van der Waals surface area contributed by atoms with Gasteiger partial charge in [0.15, 0.2) is 0 Å². The van der Waals surface area contributed by atoms with E-state index in [0.29, 0.717) is 5.69 Å². The van der Waals surface area contributed by atoms with Gasteiger partial charge in [0.05, 0.1) is 25.8 Å². The van der Waals surface area contributed by atoms with Crippen molar-refractivity contribution in [3.8, 4) is 0 Å². The summed E-state index contributed by atoms with van der Waals surface area (Å²) >= 11 is 0. The van der Waals surface area contributed by atoms with Gasteiger partial charge in [-0.2, -0.15) is 0 Å². The molecular weight excluding hydrogens is 482 g/mol. The maximum Gasteiger partial charge on any atom is 0.326 e. The van der Waals surface area contributed by atoms with E-state index in [1.165, 1.54) is 12.5 Å². The number of carbonyl (C=O) groups is 7. The molecule has 0 aliphatic rings. The first kappa shape index (κ1) is 29.5. The fraction of sp³-hybridized carbons (Fsp3) is 0.474. The molecule has 0 saturated carbocycles. The summed E-state index contributed by atoms with van der Waals surface area (Å²) in [7, 11) is 0. The van der Waals surface area contributed by atoms with Crippen molar-refractivity contribution in [2.75, 3.05) is 13.1 Å². The fourth-order valence-corrected chi connectivity index (χ4v) is 2.84. The number of nitrogens with zero attached hydrogens (tertiary/aromatic N) is 1. The minimum Gasteiger partial charge on any atom is -0.480 e. The number of carboxylic acids is 1. The molecule has 1 rings (SSSR count). The Hall–Kier alpha value is -4.54. The maximum atomic E-state index is 12.6. The number of aliphatic carboxylic acids is 1. The zero-order valence-electron chi connectivity index (χ0n) is 19.1. The number of carboxylic acid groups (broad SMARTS) is 1. The summed E-state index contributed by atoms with van der Waals surface area (Å²) in [5.41, 5.74) is 15.9. The summed E-state index contributed by atoms with van der Waals surface area (Å²) in [6.07, 6.45) is 1.46. The third-order valence-corrected chi connectivity index (χ3v) is 4.59. The number of hydrogen-bond acceptors (Lipinski definition) is 9. The van der Waals surface area contributed by atoms with Crippen LogP contribution in [-0.2, 0) is 40.0 Å². The molecule has 0 saturated heterocycles. The number of aromatic amines is 1. The largest absolute Gasteiger partial charge is 0.480 e. The van der Waals surface area contributed by atoms with Crippen LogP contribution in [0.1, 0.15) is 25.0 Å². The molecule has 0 unspecified atom stereocenters. The second-order valence-electron chi connectivity index (χ2n) is 7.52. The molecule has 12 N–H and O–H groups in total. The van der Waals surface area contributed by atoms with Crippen LogP contribution in [0.15, 0.2) is 12.5 Å². The molecule has 3 atom stereocenters. The molecule has 17 heteroatoms. The Balaban J connectivity index is 2.79. The summed E-state index contributed by atoms with van der Waals surface area (Å²) < 4.78 is 0. The van der Waals surface area contributed by atoms with Gasteiger partial charge in [0.2, 0.25) is 35.4 Å². The molecular formula is C19H29N9O8. The lowest BCUT2D eigenvalue weighted by Gasteiger charge is -2.22. The number of H-pyrrole nitrogens is 1. The van der Waals surface area contributed by atoms with Gasteiger partial charge in [0.1, 0.15) is 18.1 Å². The van der Waals surface area contributed by atoms with E-state index in [4.69, 9.17) is 17.2 Å². The van der Waals surface area contributed by atoms with Crippen LogP contribution < -0.4 is 38.5 Å². The Morgan fingerprint density at radius 1 is 0.917 bits per heavy atom. The summed E-state index contributed by atoms with van der Waals surface area (Å²) in [5.74, 6) is -6.57. The van der Waals surface area contributed by atoms with E-state index in [-0.39, 0.29) is 19.3 Å². The van der Waals surface area contributed by atoms with E-state index in [1.54, 1.807) is 0 Å². The molecule has 0 aliphatic heterocycles. The molecule has 17 nitrogen and oxygen atoms in total. The Morgan fingerprint density at radius 2 is 1.58 bits per heavy atom. The Morgan fingerprint density at radius 3 is 2.11 bits per heavy atom. The number of imidazole rings is 1. The van der Waals surface area contributed by atoms with Crippen LogP contribution in [0.2, 0.25) is 0 Å². The molecule has 6 amide bonds. The van der Waals surface area contributed by atoms with Crippen LogP contribution in [0.3, 0.4) is 0 Å². The number of carbonyl (C=O) groups excluding carboxylic acids is 6. The Labute approximate surface area is 204 Å². The quantitative estimate of drug-likeness (QED) is 0.101. The van der Waals surface area contributed by atoms with Gasteiger partial charge in [0.25, 0.3) is 0 Å². The standard InChI is InChI=1S/C19H29N9O8/c20-5-15(31)26-10(1-2-13(21)29)18(34)28-11(4-14(22)30)17(33)24-7-16(32)27-12(19(35)36)3-9-6-23-8-25-9/h6,8,10-12H,1-5,7,20H2,(H2,21,29)(H2,22,30)(H,23,25)(H,24,33)(H,26,31)(H,27,32)(H,28,34)(H,35,36)/t10-,11-,12-/m0/s1. The first-order valence-corrected chi connectivity index (χ1v) is 10.6. The third-order valence-electron chi connectivity index (χ3n) is 4.59. The van der Waals surface area contributed by atoms with Gasteiger partial charge >= 0.3 is 5.97 Å². The number of nitrogens with two attached hydrogens (primary N) is 3. The molecule has 0 fully saturated rings. The number of primary amides is 2. The average Bonchev–Trinajstić information content (AvgIpc) is 3.31. The zero-order valence-corrected chi connectivity index (χ0v) is 19.1. The van der Waals surface area contributed by atoms with Crippen LogP contribution in [0.5, 0.6) is 0 Å². The Bertz CT molecular complexity index is 966. The second-order valence-corrected chi connectivity index (χ2v) is 7.52. The molecule has 0 radical (unpaired) electrons. The van der Waals surface area contributed by atoms with E-state index >= 15 is 0 Å². The normalized spacial score (nSPS) is 12.9. The van der Waals surface area contributed by atoms with Crippen LogP contribution in [-0.4, -0.2) is 87.7 Å². The van der Waals surface area contributed by atoms with Crippen LogP contribution >= 0.6 is 0 Å². The van der Waals surface area contributed by atoms with Crippen molar-refractivity contribution in [3.05, 3.63) is 18.2 Å². The minimum absolute atomic E-state index is 0.101. The lowest BCUT2D eigenvalue weighted by Crippen LogP contribution is -2.56. The average molecular weight is 511 g/mol. The minimum atomic E-state index is -1.55. The highest BCUT2D eigenvalue weighted by Crippen LogP contribution is 2.02. The van der Waals surface area contributed by atoms with Gasteiger partial charge < -0.3 is 48.6 Å². The van der Waals surface area contributed by atoms with Gasteiger partial charge in [-0.05, 0) is 6.42 Å². The smallest absolute Gasteiger partial charge is 0.326 e. The predicted molar refractivity (Wildman–Crippen MR) is 120 cm³/mol. The van der Waals surface area contributed by atoms with Crippen LogP contribution in [0, 0.1) is 0 Å².